The molecule has 2 rings (SSSR count). The van der Waals surface area contributed by atoms with Gasteiger partial charge in [0.2, 0.25) is 5.91 Å². The second-order valence-electron chi connectivity index (χ2n) is 4.63. The molecule has 1 aromatic carbocycles. The lowest BCUT2D eigenvalue weighted by atomic mass is 10.1. The number of carbonyl (C=O) groups is 1. The molecule has 0 bridgehead atoms. The van der Waals surface area contributed by atoms with Crippen molar-refractivity contribution in [2.45, 2.75) is 25.8 Å². The van der Waals surface area contributed by atoms with Crippen molar-refractivity contribution in [2.75, 3.05) is 29.2 Å². The number of benzene rings is 1. The monoisotopic (exact) mass is 280 g/mol. The van der Waals surface area contributed by atoms with E-state index in [0.717, 1.165) is 17.1 Å². The Hall–Kier alpha value is -1.36. The van der Waals surface area contributed by atoms with Gasteiger partial charge in [-0.05, 0) is 36.5 Å². The van der Waals surface area contributed by atoms with Crippen LogP contribution in [0.15, 0.2) is 18.2 Å². The van der Waals surface area contributed by atoms with Gasteiger partial charge in [0.25, 0.3) is 0 Å². The largest absolute Gasteiger partial charge is 0.495 e. The lowest BCUT2D eigenvalue weighted by Gasteiger charge is -2.24. The summed E-state index contributed by atoms with van der Waals surface area (Å²) in [5, 5.41) is 6.29. The van der Waals surface area contributed by atoms with Crippen LogP contribution in [0.25, 0.3) is 0 Å². The fraction of sp³-hybridized carbons (Fsp3) is 0.500. The number of carbonyl (C=O) groups excluding carboxylic acids is 1. The molecule has 19 heavy (non-hydrogen) atoms. The summed E-state index contributed by atoms with van der Waals surface area (Å²) >= 11 is 2.01. The van der Waals surface area contributed by atoms with Gasteiger partial charge < -0.3 is 15.4 Å². The molecule has 0 radical (unpaired) electrons. The second kappa shape index (κ2) is 6.70. The summed E-state index contributed by atoms with van der Waals surface area (Å²) in [6.45, 7) is 1.50. The van der Waals surface area contributed by atoms with Crippen LogP contribution in [0.1, 0.15) is 19.8 Å². The van der Waals surface area contributed by atoms with Gasteiger partial charge in [-0.3, -0.25) is 4.79 Å². The van der Waals surface area contributed by atoms with Crippen molar-refractivity contribution in [3.63, 3.8) is 0 Å². The predicted molar refractivity (Wildman–Crippen MR) is 81.3 cm³/mol. The minimum atomic E-state index is -0.0768. The van der Waals surface area contributed by atoms with Gasteiger partial charge in [0.05, 0.1) is 12.8 Å². The van der Waals surface area contributed by atoms with E-state index in [1.165, 1.54) is 31.3 Å². The first kappa shape index (κ1) is 14.1. The molecular weight excluding hydrogens is 260 g/mol. The maximum atomic E-state index is 11.0. The summed E-state index contributed by atoms with van der Waals surface area (Å²) < 4.78 is 5.39. The molecule has 5 heteroatoms. The Bertz CT molecular complexity index is 445. The first-order valence-electron chi connectivity index (χ1n) is 6.49. The first-order valence-corrected chi connectivity index (χ1v) is 7.64. The fourth-order valence-electron chi connectivity index (χ4n) is 2.15. The highest BCUT2D eigenvalue weighted by molar-refractivity contribution is 7.99. The standard InChI is InChI=1S/C14H20N2O2S/c1-10(17)15-12-3-4-13(14(9-12)18-2)16-11-5-7-19-8-6-11/h3-4,9,11,16H,5-8H2,1-2H3,(H,15,17). The third-order valence-corrected chi connectivity index (χ3v) is 4.15. The van der Waals surface area contributed by atoms with Crippen LogP contribution in [0.3, 0.4) is 0 Å². The molecule has 1 aliphatic rings. The molecule has 1 aliphatic heterocycles. The molecule has 0 unspecified atom stereocenters. The molecule has 1 amide bonds. The van der Waals surface area contributed by atoms with E-state index in [1.54, 1.807) is 7.11 Å². The van der Waals surface area contributed by atoms with E-state index >= 15 is 0 Å². The average molecular weight is 280 g/mol. The molecule has 0 atom stereocenters. The average Bonchev–Trinajstić information content (AvgIpc) is 2.41. The third kappa shape index (κ3) is 4.06. The van der Waals surface area contributed by atoms with Crippen molar-refractivity contribution in [3.05, 3.63) is 18.2 Å². The quantitative estimate of drug-likeness (QED) is 0.890. The third-order valence-electron chi connectivity index (χ3n) is 3.10. The van der Waals surface area contributed by atoms with Crippen molar-refractivity contribution in [1.82, 2.24) is 0 Å². The molecule has 2 N–H and O–H groups in total. The number of hydrogen-bond acceptors (Lipinski definition) is 4. The fourth-order valence-corrected chi connectivity index (χ4v) is 3.26. The number of thioether (sulfide) groups is 1. The number of ether oxygens (including phenoxy) is 1. The number of anilines is 2. The molecule has 1 fully saturated rings. The van der Waals surface area contributed by atoms with Gasteiger partial charge in [0, 0.05) is 24.7 Å². The SMILES string of the molecule is COc1cc(NC(C)=O)ccc1NC1CCSCC1. The van der Waals surface area contributed by atoms with E-state index in [9.17, 15) is 4.79 Å². The maximum Gasteiger partial charge on any atom is 0.221 e. The topological polar surface area (TPSA) is 50.4 Å². The predicted octanol–water partition coefficient (Wildman–Crippen LogP) is 2.96. The first-order chi connectivity index (χ1) is 9.19. The van der Waals surface area contributed by atoms with Crippen molar-refractivity contribution in [3.8, 4) is 5.75 Å². The molecule has 1 heterocycles. The highest BCUT2D eigenvalue weighted by atomic mass is 32.2. The minimum absolute atomic E-state index is 0.0768. The Balaban J connectivity index is 2.08. The lowest BCUT2D eigenvalue weighted by Crippen LogP contribution is -2.24. The van der Waals surface area contributed by atoms with Crippen LogP contribution in [0.5, 0.6) is 5.75 Å². The normalized spacial score (nSPS) is 15.9. The van der Waals surface area contributed by atoms with Crippen LogP contribution in [0.2, 0.25) is 0 Å². The molecule has 1 saturated heterocycles. The lowest BCUT2D eigenvalue weighted by molar-refractivity contribution is -0.114. The van der Waals surface area contributed by atoms with E-state index < -0.39 is 0 Å². The number of rotatable bonds is 4. The Labute approximate surface area is 118 Å². The number of amides is 1. The van der Waals surface area contributed by atoms with Gasteiger partial charge in [-0.25, -0.2) is 0 Å². The highest BCUT2D eigenvalue weighted by Gasteiger charge is 2.15. The Morgan fingerprint density at radius 1 is 1.37 bits per heavy atom. The molecule has 0 aromatic heterocycles. The molecule has 0 spiro atoms. The summed E-state index contributed by atoms with van der Waals surface area (Å²) in [5.74, 6) is 3.12. The maximum absolute atomic E-state index is 11.0. The molecule has 1 aromatic rings. The van der Waals surface area contributed by atoms with Gasteiger partial charge in [0.1, 0.15) is 5.75 Å². The second-order valence-corrected chi connectivity index (χ2v) is 5.85. The number of nitrogens with one attached hydrogen (secondary N) is 2. The van der Waals surface area contributed by atoms with Gasteiger partial charge >= 0.3 is 0 Å². The number of hydrogen-bond donors (Lipinski definition) is 2. The van der Waals surface area contributed by atoms with E-state index in [-0.39, 0.29) is 5.91 Å². The van der Waals surface area contributed by atoms with Crippen LogP contribution in [0, 0.1) is 0 Å². The summed E-state index contributed by atoms with van der Waals surface area (Å²) in [7, 11) is 1.65. The highest BCUT2D eigenvalue weighted by Crippen LogP contribution is 2.30. The summed E-state index contributed by atoms with van der Waals surface area (Å²) in [6.07, 6.45) is 2.36. The van der Waals surface area contributed by atoms with Gasteiger partial charge in [0.15, 0.2) is 0 Å². The van der Waals surface area contributed by atoms with Crippen LogP contribution in [0.4, 0.5) is 11.4 Å². The van der Waals surface area contributed by atoms with Crippen LogP contribution in [-0.2, 0) is 4.79 Å². The summed E-state index contributed by atoms with van der Waals surface area (Å²) in [6, 6.07) is 6.22. The molecular formula is C14H20N2O2S. The molecule has 104 valence electrons. The van der Waals surface area contributed by atoms with Crippen LogP contribution < -0.4 is 15.4 Å². The van der Waals surface area contributed by atoms with Gasteiger partial charge in [-0.15, -0.1) is 0 Å². The molecule has 4 nitrogen and oxygen atoms in total. The van der Waals surface area contributed by atoms with Crippen LogP contribution >= 0.6 is 11.8 Å². The Morgan fingerprint density at radius 3 is 2.74 bits per heavy atom. The summed E-state index contributed by atoms with van der Waals surface area (Å²) in [5.41, 5.74) is 1.75. The van der Waals surface area contributed by atoms with Crippen molar-refractivity contribution >= 4 is 29.0 Å². The van der Waals surface area contributed by atoms with E-state index in [0.29, 0.717) is 6.04 Å². The van der Waals surface area contributed by atoms with Gasteiger partial charge in [-0.1, -0.05) is 0 Å². The van der Waals surface area contributed by atoms with Gasteiger partial charge in [-0.2, -0.15) is 11.8 Å². The van der Waals surface area contributed by atoms with E-state index in [2.05, 4.69) is 10.6 Å². The molecule has 0 saturated carbocycles. The van der Waals surface area contributed by atoms with E-state index in [4.69, 9.17) is 4.74 Å². The zero-order valence-corrected chi connectivity index (χ0v) is 12.2. The minimum Gasteiger partial charge on any atom is -0.495 e. The Morgan fingerprint density at radius 2 is 2.11 bits per heavy atom. The molecule has 0 aliphatic carbocycles. The smallest absolute Gasteiger partial charge is 0.221 e. The number of methoxy groups -OCH3 is 1. The van der Waals surface area contributed by atoms with Crippen molar-refractivity contribution in [2.24, 2.45) is 0 Å². The van der Waals surface area contributed by atoms with Crippen LogP contribution in [-0.4, -0.2) is 30.6 Å². The van der Waals surface area contributed by atoms with Crippen molar-refractivity contribution < 1.29 is 9.53 Å². The Kier molecular flexibility index (Phi) is 4.96. The zero-order valence-electron chi connectivity index (χ0n) is 11.4. The zero-order chi connectivity index (χ0) is 13.7. The van der Waals surface area contributed by atoms with Crippen molar-refractivity contribution in [1.29, 1.82) is 0 Å². The summed E-state index contributed by atoms with van der Waals surface area (Å²) in [4.78, 5) is 11.0. The van der Waals surface area contributed by atoms with E-state index in [1.807, 2.05) is 30.0 Å².